The first kappa shape index (κ1) is 16.3. The molecule has 5 heteroatoms. The molecule has 1 heterocycles. The summed E-state index contributed by atoms with van der Waals surface area (Å²) in [4.78, 5) is 23.9. The Kier molecular flexibility index (Phi) is 4.71. The largest absolute Gasteiger partial charge is 0.319 e. The van der Waals surface area contributed by atoms with Gasteiger partial charge in [-0.2, -0.15) is 0 Å². The van der Waals surface area contributed by atoms with Crippen LogP contribution in [0.3, 0.4) is 0 Å². The average molecular weight is 326 g/mol. The lowest BCUT2D eigenvalue weighted by molar-refractivity contribution is 0.0984. The summed E-state index contributed by atoms with van der Waals surface area (Å²) in [5, 5.41) is 5.81. The van der Waals surface area contributed by atoms with Crippen molar-refractivity contribution in [2.24, 2.45) is 0 Å². The molecule has 2 aromatic rings. The van der Waals surface area contributed by atoms with Crippen LogP contribution in [0.5, 0.6) is 0 Å². The van der Waals surface area contributed by atoms with Gasteiger partial charge in [0.05, 0.1) is 5.69 Å². The Morgan fingerprint density at radius 3 is 2.54 bits per heavy atom. The number of ketones is 1. The summed E-state index contributed by atoms with van der Waals surface area (Å²) in [7, 11) is 0. The van der Waals surface area contributed by atoms with E-state index in [2.05, 4.69) is 10.6 Å². The van der Waals surface area contributed by atoms with Gasteiger partial charge in [0.1, 0.15) is 5.82 Å². The fourth-order valence-electron chi connectivity index (χ4n) is 2.84. The lowest BCUT2D eigenvalue weighted by Gasteiger charge is -2.19. The van der Waals surface area contributed by atoms with Gasteiger partial charge in [-0.25, -0.2) is 4.39 Å². The number of halogens is 1. The number of carbonyl (C=O) groups excluding carboxylic acids is 2. The van der Waals surface area contributed by atoms with Crippen molar-refractivity contribution in [1.29, 1.82) is 0 Å². The van der Waals surface area contributed by atoms with Gasteiger partial charge in [0.15, 0.2) is 5.78 Å². The van der Waals surface area contributed by atoms with Gasteiger partial charge in [0, 0.05) is 24.1 Å². The molecular formula is C19H19FN2O2. The van der Waals surface area contributed by atoms with Crippen molar-refractivity contribution in [2.75, 3.05) is 11.9 Å². The van der Waals surface area contributed by atoms with Crippen LogP contribution in [0.25, 0.3) is 0 Å². The average Bonchev–Trinajstić information content (AvgIpc) is 2.63. The van der Waals surface area contributed by atoms with Crippen molar-refractivity contribution >= 4 is 17.4 Å². The molecule has 0 saturated heterocycles. The van der Waals surface area contributed by atoms with Gasteiger partial charge in [-0.3, -0.25) is 9.59 Å². The first-order valence-electron chi connectivity index (χ1n) is 8.05. The Hall–Kier alpha value is -2.53. The highest BCUT2D eigenvalue weighted by molar-refractivity contribution is 6.05. The first-order chi connectivity index (χ1) is 11.6. The van der Waals surface area contributed by atoms with Crippen LogP contribution in [0, 0.1) is 5.82 Å². The second-order valence-corrected chi connectivity index (χ2v) is 5.80. The minimum Gasteiger partial charge on any atom is -0.319 e. The van der Waals surface area contributed by atoms with Gasteiger partial charge in [-0.1, -0.05) is 25.1 Å². The third-order valence-corrected chi connectivity index (χ3v) is 4.25. The van der Waals surface area contributed by atoms with Crippen LogP contribution in [0.1, 0.15) is 45.2 Å². The van der Waals surface area contributed by atoms with Crippen LogP contribution in [0.15, 0.2) is 36.4 Å². The summed E-state index contributed by atoms with van der Waals surface area (Å²) in [5.41, 5.74) is 2.74. The van der Waals surface area contributed by atoms with Gasteiger partial charge < -0.3 is 10.6 Å². The number of benzene rings is 2. The van der Waals surface area contributed by atoms with E-state index in [1.54, 1.807) is 37.3 Å². The van der Waals surface area contributed by atoms with E-state index in [0.29, 0.717) is 36.1 Å². The van der Waals surface area contributed by atoms with E-state index in [1.165, 1.54) is 0 Å². The summed E-state index contributed by atoms with van der Waals surface area (Å²) in [6.45, 7) is 3.17. The summed E-state index contributed by atoms with van der Waals surface area (Å²) >= 11 is 0. The number of nitrogens with one attached hydrogen (secondary N) is 2. The number of fused-ring (bicyclic) bond motifs is 1. The minimum atomic E-state index is -0.390. The van der Waals surface area contributed by atoms with Crippen molar-refractivity contribution < 1.29 is 14.0 Å². The number of Topliss-reactive ketones (excluding diaryl/α,β-unsaturated/α-hetero) is 1. The number of rotatable bonds is 4. The number of hydrogen-bond acceptors (Lipinski definition) is 3. The van der Waals surface area contributed by atoms with E-state index in [9.17, 15) is 14.0 Å². The van der Waals surface area contributed by atoms with Crippen molar-refractivity contribution in [3.63, 3.8) is 0 Å². The second-order valence-electron chi connectivity index (χ2n) is 5.80. The quantitative estimate of drug-likeness (QED) is 0.848. The van der Waals surface area contributed by atoms with Crippen molar-refractivity contribution in [3.8, 4) is 0 Å². The number of carbonyl (C=O) groups is 2. The van der Waals surface area contributed by atoms with Crippen molar-refractivity contribution in [1.82, 2.24) is 5.32 Å². The standard InChI is InChI=1S/C19H19FN2O2/c1-2-17(23)12-3-5-13(6-4-12)19(24)22-16-8-7-14-11-21-10-9-15(14)18(16)20/h3-8,21H,2,9-11H2,1H3,(H,22,24). The van der Waals surface area contributed by atoms with E-state index in [4.69, 9.17) is 0 Å². The molecule has 0 atom stereocenters. The highest BCUT2D eigenvalue weighted by Crippen LogP contribution is 2.25. The summed E-state index contributed by atoms with van der Waals surface area (Å²) in [5.74, 6) is -0.727. The molecule has 0 unspecified atom stereocenters. The van der Waals surface area contributed by atoms with Gasteiger partial charge >= 0.3 is 0 Å². The molecular weight excluding hydrogens is 307 g/mol. The molecule has 0 radical (unpaired) electrons. The van der Waals surface area contributed by atoms with Crippen LogP contribution < -0.4 is 10.6 Å². The molecule has 1 amide bonds. The molecule has 0 bridgehead atoms. The SMILES string of the molecule is CCC(=O)c1ccc(C(=O)Nc2ccc3c(c2F)CCNC3)cc1. The van der Waals surface area contributed by atoms with Gasteiger partial charge in [-0.15, -0.1) is 0 Å². The zero-order valence-electron chi connectivity index (χ0n) is 13.5. The highest BCUT2D eigenvalue weighted by atomic mass is 19.1. The maximum atomic E-state index is 14.6. The van der Waals surface area contributed by atoms with E-state index in [1.807, 2.05) is 6.07 Å². The number of hydrogen-bond donors (Lipinski definition) is 2. The molecule has 0 aromatic heterocycles. The Bertz CT molecular complexity index is 785. The molecule has 24 heavy (non-hydrogen) atoms. The van der Waals surface area contributed by atoms with E-state index in [0.717, 1.165) is 12.1 Å². The molecule has 3 rings (SSSR count). The predicted molar refractivity (Wildman–Crippen MR) is 90.8 cm³/mol. The normalized spacial score (nSPS) is 13.2. The first-order valence-corrected chi connectivity index (χ1v) is 8.05. The van der Waals surface area contributed by atoms with Crippen LogP contribution in [0.4, 0.5) is 10.1 Å². The van der Waals surface area contributed by atoms with E-state index in [-0.39, 0.29) is 17.3 Å². The maximum Gasteiger partial charge on any atom is 0.255 e. The Balaban J connectivity index is 1.79. The number of anilines is 1. The molecule has 2 aromatic carbocycles. The molecule has 1 aliphatic heterocycles. The zero-order chi connectivity index (χ0) is 17.1. The predicted octanol–water partition coefficient (Wildman–Crippen LogP) is 3.32. The number of amides is 1. The maximum absolute atomic E-state index is 14.6. The Labute approximate surface area is 140 Å². The third-order valence-electron chi connectivity index (χ3n) is 4.25. The van der Waals surface area contributed by atoms with E-state index < -0.39 is 5.91 Å². The smallest absolute Gasteiger partial charge is 0.255 e. The molecule has 0 saturated carbocycles. The molecule has 2 N–H and O–H groups in total. The highest BCUT2D eigenvalue weighted by Gasteiger charge is 2.18. The topological polar surface area (TPSA) is 58.2 Å². The molecule has 1 aliphatic rings. The second kappa shape index (κ2) is 6.93. The lowest BCUT2D eigenvalue weighted by Crippen LogP contribution is -2.25. The summed E-state index contributed by atoms with van der Waals surface area (Å²) < 4.78 is 14.6. The molecule has 0 aliphatic carbocycles. The van der Waals surface area contributed by atoms with Crippen molar-refractivity contribution in [3.05, 3.63) is 64.5 Å². The molecule has 0 fully saturated rings. The zero-order valence-corrected chi connectivity index (χ0v) is 13.5. The van der Waals surface area contributed by atoms with Crippen molar-refractivity contribution in [2.45, 2.75) is 26.3 Å². The minimum absolute atomic E-state index is 0.0244. The van der Waals surface area contributed by atoms with E-state index >= 15 is 0 Å². The molecule has 4 nitrogen and oxygen atoms in total. The van der Waals surface area contributed by atoms with Crippen LogP contribution >= 0.6 is 0 Å². The molecule has 124 valence electrons. The Morgan fingerprint density at radius 1 is 1.12 bits per heavy atom. The summed E-state index contributed by atoms with van der Waals surface area (Å²) in [6, 6.07) is 9.83. The monoisotopic (exact) mass is 326 g/mol. The van der Waals surface area contributed by atoms with Gasteiger partial charge in [0.25, 0.3) is 5.91 Å². The fraction of sp³-hybridized carbons (Fsp3) is 0.263. The third kappa shape index (κ3) is 3.21. The molecule has 0 spiro atoms. The van der Waals surface area contributed by atoms with Crippen LogP contribution in [0.2, 0.25) is 0 Å². The fourth-order valence-corrected chi connectivity index (χ4v) is 2.84. The summed E-state index contributed by atoms with van der Waals surface area (Å²) in [6.07, 6.45) is 1.03. The van der Waals surface area contributed by atoms with Crippen LogP contribution in [-0.4, -0.2) is 18.2 Å². The lowest BCUT2D eigenvalue weighted by atomic mass is 9.99. The Morgan fingerprint density at radius 2 is 1.83 bits per heavy atom. The van der Waals surface area contributed by atoms with Gasteiger partial charge in [-0.05, 0) is 42.3 Å². The van der Waals surface area contributed by atoms with Gasteiger partial charge in [0.2, 0.25) is 0 Å². The van der Waals surface area contributed by atoms with Crippen LogP contribution in [-0.2, 0) is 13.0 Å².